The van der Waals surface area contributed by atoms with Gasteiger partial charge in [-0.05, 0) is 18.6 Å². The number of ketones is 1. The molecule has 2 nitrogen and oxygen atoms in total. The van der Waals surface area contributed by atoms with Crippen LogP contribution in [0, 0.1) is 0 Å². The Kier molecular flexibility index (Phi) is 3.34. The van der Waals surface area contributed by atoms with Crippen LogP contribution in [0.5, 0.6) is 0 Å². The Hall–Kier alpha value is -1.22. The smallest absolute Gasteiger partial charge is 0.191 e. The molecule has 0 aromatic heterocycles. The van der Waals surface area contributed by atoms with E-state index < -0.39 is 0 Å². The van der Waals surface area contributed by atoms with E-state index in [1.165, 1.54) is 0 Å². The first-order valence-corrected chi connectivity index (χ1v) is 6.30. The molecule has 0 radical (unpaired) electrons. The lowest BCUT2D eigenvalue weighted by Gasteiger charge is -2.09. The van der Waals surface area contributed by atoms with Gasteiger partial charge in [0.25, 0.3) is 0 Å². The molecule has 1 aliphatic rings. The van der Waals surface area contributed by atoms with Crippen LogP contribution in [0.3, 0.4) is 0 Å². The van der Waals surface area contributed by atoms with E-state index in [2.05, 4.69) is 0 Å². The minimum absolute atomic E-state index is 0.175. The number of Topliss-reactive ketones (excluding diaryl/α,β-unsaturated/α-hetero) is 1. The average molecular weight is 233 g/mol. The Morgan fingerprint density at radius 1 is 1.31 bits per heavy atom. The Morgan fingerprint density at radius 3 is 2.81 bits per heavy atom. The quantitative estimate of drug-likeness (QED) is 0.696. The monoisotopic (exact) mass is 233 g/mol. The molecule has 0 saturated carbocycles. The number of fused-ring (bicyclic) bond motifs is 1. The SMILES string of the molecule is CN(C)/C=C1\CCSc2ccccc2C1=O. The number of hydrogen-bond acceptors (Lipinski definition) is 3. The Labute approximate surface area is 100 Å². The molecular formula is C13H15NOS. The normalized spacial score (nSPS) is 18.1. The fourth-order valence-corrected chi connectivity index (χ4v) is 2.81. The third kappa shape index (κ3) is 2.30. The highest BCUT2D eigenvalue weighted by Gasteiger charge is 2.19. The molecule has 0 saturated heterocycles. The van der Waals surface area contributed by atoms with Gasteiger partial charge in [0.2, 0.25) is 0 Å². The van der Waals surface area contributed by atoms with Crippen molar-refractivity contribution in [3.05, 3.63) is 41.6 Å². The minimum Gasteiger partial charge on any atom is -0.383 e. The molecule has 1 aliphatic heterocycles. The van der Waals surface area contributed by atoms with E-state index in [0.29, 0.717) is 0 Å². The zero-order valence-corrected chi connectivity index (χ0v) is 10.4. The molecule has 0 atom stereocenters. The number of hydrogen-bond donors (Lipinski definition) is 0. The summed E-state index contributed by atoms with van der Waals surface area (Å²) in [6, 6.07) is 7.85. The molecule has 3 heteroatoms. The van der Waals surface area contributed by atoms with Crippen LogP contribution in [-0.2, 0) is 0 Å². The maximum Gasteiger partial charge on any atom is 0.191 e. The largest absolute Gasteiger partial charge is 0.383 e. The summed E-state index contributed by atoms with van der Waals surface area (Å²) in [5.74, 6) is 1.15. The highest BCUT2D eigenvalue weighted by molar-refractivity contribution is 7.99. The number of carbonyl (C=O) groups excluding carboxylic acids is 1. The van der Waals surface area contributed by atoms with Crippen LogP contribution >= 0.6 is 11.8 Å². The van der Waals surface area contributed by atoms with Gasteiger partial charge in [0.05, 0.1) is 0 Å². The lowest BCUT2D eigenvalue weighted by atomic mass is 10.0. The molecule has 16 heavy (non-hydrogen) atoms. The Morgan fingerprint density at radius 2 is 2.06 bits per heavy atom. The number of thioether (sulfide) groups is 1. The van der Waals surface area contributed by atoms with Gasteiger partial charge in [-0.3, -0.25) is 4.79 Å². The molecule has 0 amide bonds. The van der Waals surface area contributed by atoms with Crippen molar-refractivity contribution in [1.82, 2.24) is 4.90 Å². The van der Waals surface area contributed by atoms with Crippen LogP contribution in [0.2, 0.25) is 0 Å². The summed E-state index contributed by atoms with van der Waals surface area (Å²) < 4.78 is 0. The van der Waals surface area contributed by atoms with Crippen molar-refractivity contribution in [3.8, 4) is 0 Å². The van der Waals surface area contributed by atoms with Crippen LogP contribution in [0.4, 0.5) is 0 Å². The molecule has 1 heterocycles. The molecule has 84 valence electrons. The first-order chi connectivity index (χ1) is 7.68. The van der Waals surface area contributed by atoms with E-state index in [1.54, 1.807) is 11.8 Å². The van der Waals surface area contributed by atoms with Gasteiger partial charge in [0.1, 0.15) is 0 Å². The van der Waals surface area contributed by atoms with E-state index >= 15 is 0 Å². The maximum absolute atomic E-state index is 12.3. The van der Waals surface area contributed by atoms with Gasteiger partial charge in [0.15, 0.2) is 5.78 Å². The predicted octanol–water partition coefficient (Wildman–Crippen LogP) is 2.81. The summed E-state index contributed by atoms with van der Waals surface area (Å²) in [7, 11) is 3.90. The fraction of sp³-hybridized carbons (Fsp3) is 0.308. The lowest BCUT2D eigenvalue weighted by Crippen LogP contribution is -2.09. The molecule has 0 fully saturated rings. The molecular weight excluding hydrogens is 218 g/mol. The molecule has 0 unspecified atom stereocenters. The highest BCUT2D eigenvalue weighted by atomic mass is 32.2. The molecule has 1 aromatic rings. The molecule has 2 rings (SSSR count). The van der Waals surface area contributed by atoms with Crippen molar-refractivity contribution in [2.24, 2.45) is 0 Å². The third-order valence-corrected chi connectivity index (χ3v) is 3.54. The second kappa shape index (κ2) is 4.74. The molecule has 0 aliphatic carbocycles. The number of allylic oxidation sites excluding steroid dienone is 1. The summed E-state index contributed by atoms with van der Waals surface area (Å²) >= 11 is 1.76. The minimum atomic E-state index is 0.175. The zero-order chi connectivity index (χ0) is 11.5. The zero-order valence-electron chi connectivity index (χ0n) is 9.56. The summed E-state index contributed by atoms with van der Waals surface area (Å²) in [5, 5.41) is 0. The van der Waals surface area contributed by atoms with Gasteiger partial charge in [-0.2, -0.15) is 0 Å². The van der Waals surface area contributed by atoms with E-state index in [9.17, 15) is 4.79 Å². The fourth-order valence-electron chi connectivity index (χ4n) is 1.77. The Bertz CT molecular complexity index is 437. The lowest BCUT2D eigenvalue weighted by molar-refractivity contribution is 0.102. The van der Waals surface area contributed by atoms with Crippen LogP contribution in [0.25, 0.3) is 0 Å². The maximum atomic E-state index is 12.3. The Balaban J connectivity index is 2.41. The van der Waals surface area contributed by atoms with E-state index in [-0.39, 0.29) is 5.78 Å². The van der Waals surface area contributed by atoms with Crippen LogP contribution in [0.1, 0.15) is 16.8 Å². The number of rotatable bonds is 1. The summed E-state index contributed by atoms with van der Waals surface area (Å²) in [6.07, 6.45) is 2.78. The number of nitrogens with zero attached hydrogens (tertiary/aromatic N) is 1. The second-order valence-corrected chi connectivity index (χ2v) is 5.18. The second-order valence-electron chi connectivity index (χ2n) is 4.04. The van der Waals surface area contributed by atoms with Gasteiger partial charge in [0, 0.05) is 42.1 Å². The van der Waals surface area contributed by atoms with Crippen LogP contribution in [0.15, 0.2) is 40.9 Å². The molecule has 0 bridgehead atoms. The van der Waals surface area contributed by atoms with Gasteiger partial charge in [-0.25, -0.2) is 0 Å². The molecule has 1 aromatic carbocycles. The van der Waals surface area contributed by atoms with Crippen molar-refractivity contribution in [2.45, 2.75) is 11.3 Å². The van der Waals surface area contributed by atoms with Crippen LogP contribution in [-0.4, -0.2) is 30.5 Å². The number of benzene rings is 1. The van der Waals surface area contributed by atoms with E-state index in [1.807, 2.05) is 49.5 Å². The van der Waals surface area contributed by atoms with Crippen molar-refractivity contribution in [1.29, 1.82) is 0 Å². The van der Waals surface area contributed by atoms with Gasteiger partial charge in [-0.15, -0.1) is 11.8 Å². The van der Waals surface area contributed by atoms with Crippen molar-refractivity contribution >= 4 is 17.5 Å². The first kappa shape index (κ1) is 11.3. The van der Waals surface area contributed by atoms with Crippen molar-refractivity contribution in [3.63, 3.8) is 0 Å². The van der Waals surface area contributed by atoms with Gasteiger partial charge in [-0.1, -0.05) is 12.1 Å². The van der Waals surface area contributed by atoms with E-state index in [4.69, 9.17) is 0 Å². The molecule has 0 spiro atoms. The number of carbonyl (C=O) groups is 1. The summed E-state index contributed by atoms with van der Waals surface area (Å²) in [4.78, 5) is 15.3. The summed E-state index contributed by atoms with van der Waals surface area (Å²) in [6.45, 7) is 0. The third-order valence-electron chi connectivity index (χ3n) is 2.47. The first-order valence-electron chi connectivity index (χ1n) is 5.32. The van der Waals surface area contributed by atoms with E-state index in [0.717, 1.165) is 28.2 Å². The highest BCUT2D eigenvalue weighted by Crippen LogP contribution is 2.30. The van der Waals surface area contributed by atoms with Crippen LogP contribution < -0.4 is 0 Å². The standard InChI is InChI=1S/C13H15NOS/c1-14(2)9-10-7-8-16-12-6-4-3-5-11(12)13(10)15/h3-6,9H,7-8H2,1-2H3/b10-9+. The van der Waals surface area contributed by atoms with Gasteiger partial charge >= 0.3 is 0 Å². The average Bonchev–Trinajstić information content (AvgIpc) is 2.40. The van der Waals surface area contributed by atoms with Crippen molar-refractivity contribution < 1.29 is 4.79 Å². The molecule has 0 N–H and O–H groups in total. The van der Waals surface area contributed by atoms with Crippen molar-refractivity contribution in [2.75, 3.05) is 19.8 Å². The topological polar surface area (TPSA) is 20.3 Å². The van der Waals surface area contributed by atoms with Gasteiger partial charge < -0.3 is 4.90 Å². The summed E-state index contributed by atoms with van der Waals surface area (Å²) in [5.41, 5.74) is 1.75. The predicted molar refractivity (Wildman–Crippen MR) is 67.9 cm³/mol.